The first kappa shape index (κ1) is 24.8. The van der Waals surface area contributed by atoms with Crippen LogP contribution in [0.5, 0.6) is 0 Å². The smallest absolute Gasteiger partial charge is 0.238 e. The number of anilines is 1. The van der Waals surface area contributed by atoms with Gasteiger partial charge in [0.15, 0.2) is 11.6 Å². The van der Waals surface area contributed by atoms with Crippen molar-refractivity contribution in [1.82, 2.24) is 4.90 Å². The zero-order valence-corrected chi connectivity index (χ0v) is 22.6. The van der Waals surface area contributed by atoms with Crippen LogP contribution in [-0.2, 0) is 10.2 Å². The molecule has 0 bridgehead atoms. The number of carbonyl (C=O) groups excluding carboxylic acids is 3. The van der Waals surface area contributed by atoms with Crippen molar-refractivity contribution in [2.45, 2.75) is 17.5 Å². The van der Waals surface area contributed by atoms with E-state index >= 15 is 0 Å². The van der Waals surface area contributed by atoms with Gasteiger partial charge in [-0.25, -0.2) is 0 Å². The fourth-order valence-corrected chi connectivity index (χ4v) is 7.30. The molecule has 1 spiro atoms. The second kappa shape index (κ2) is 9.19. The zero-order valence-electron chi connectivity index (χ0n) is 21.1. The van der Waals surface area contributed by atoms with Gasteiger partial charge in [0.1, 0.15) is 11.5 Å². The largest absolute Gasteiger partial charge is 0.358 e. The summed E-state index contributed by atoms with van der Waals surface area (Å²) >= 11 is 12.7. The molecule has 0 unspecified atom stereocenters. The summed E-state index contributed by atoms with van der Waals surface area (Å²) < 4.78 is 0. The van der Waals surface area contributed by atoms with Crippen LogP contribution in [0.25, 0.3) is 6.08 Å². The molecule has 0 saturated carbocycles. The van der Waals surface area contributed by atoms with E-state index in [4.69, 9.17) is 23.2 Å². The Morgan fingerprint density at radius 1 is 0.825 bits per heavy atom. The Balaban J connectivity index is 1.55. The number of amides is 1. The Labute approximate surface area is 241 Å². The molecule has 1 N–H and O–H groups in total. The van der Waals surface area contributed by atoms with Gasteiger partial charge in [-0.1, -0.05) is 96.0 Å². The molecule has 1 amide bonds. The monoisotopic (exact) mass is 564 g/mol. The second-order valence-corrected chi connectivity index (χ2v) is 11.1. The van der Waals surface area contributed by atoms with E-state index in [0.29, 0.717) is 21.8 Å². The molecule has 4 atom stereocenters. The van der Waals surface area contributed by atoms with Crippen LogP contribution in [0.15, 0.2) is 103 Å². The Morgan fingerprint density at radius 2 is 1.55 bits per heavy atom. The van der Waals surface area contributed by atoms with E-state index < -0.39 is 23.4 Å². The maximum atomic E-state index is 14.7. The minimum atomic E-state index is -1.39. The van der Waals surface area contributed by atoms with Crippen molar-refractivity contribution < 1.29 is 14.4 Å². The summed E-state index contributed by atoms with van der Waals surface area (Å²) in [6.45, 7) is 0. The van der Waals surface area contributed by atoms with E-state index in [1.54, 1.807) is 36.4 Å². The molecule has 40 heavy (non-hydrogen) atoms. The number of para-hydroxylation sites is 1. The van der Waals surface area contributed by atoms with E-state index in [1.807, 2.05) is 71.8 Å². The van der Waals surface area contributed by atoms with Gasteiger partial charge in [0.05, 0.1) is 17.0 Å². The van der Waals surface area contributed by atoms with Crippen LogP contribution in [0.3, 0.4) is 0 Å². The maximum absolute atomic E-state index is 14.7. The Hall–Kier alpha value is -4.19. The first-order valence-electron chi connectivity index (χ1n) is 13.0. The Bertz CT molecular complexity index is 1750. The van der Waals surface area contributed by atoms with Gasteiger partial charge >= 0.3 is 0 Å². The lowest BCUT2D eigenvalue weighted by atomic mass is 9.62. The highest BCUT2D eigenvalue weighted by molar-refractivity contribution is 6.37. The highest BCUT2D eigenvalue weighted by atomic mass is 35.5. The summed E-state index contributed by atoms with van der Waals surface area (Å²) in [5.74, 6) is -1.99. The number of carbonyl (C=O) groups is 3. The molecule has 0 radical (unpaired) electrons. The molecule has 3 aliphatic heterocycles. The van der Waals surface area contributed by atoms with Crippen LogP contribution in [0.2, 0.25) is 10.0 Å². The Morgan fingerprint density at radius 3 is 2.35 bits per heavy atom. The third-order valence-corrected chi connectivity index (χ3v) is 8.92. The van der Waals surface area contributed by atoms with Crippen molar-refractivity contribution in [2.24, 2.45) is 5.92 Å². The summed E-state index contributed by atoms with van der Waals surface area (Å²) in [5.41, 5.74) is 2.45. The number of fused-ring (bicyclic) bond motifs is 6. The van der Waals surface area contributed by atoms with Crippen LogP contribution < -0.4 is 5.32 Å². The number of nitrogens with zero attached hydrogens (tertiary/aromatic N) is 1. The van der Waals surface area contributed by atoms with Crippen molar-refractivity contribution >= 4 is 52.4 Å². The minimum absolute atomic E-state index is 0.193. The summed E-state index contributed by atoms with van der Waals surface area (Å²) in [6, 6.07) is 27.2. The molecule has 196 valence electrons. The predicted molar refractivity (Wildman–Crippen MR) is 156 cm³/mol. The van der Waals surface area contributed by atoms with Gasteiger partial charge in [-0.15, -0.1) is 0 Å². The normalized spacial score (nSPS) is 23.9. The fourth-order valence-electron chi connectivity index (χ4n) is 6.80. The third-order valence-electron chi connectivity index (χ3n) is 8.38. The highest BCUT2D eigenvalue weighted by Crippen LogP contribution is 2.62. The summed E-state index contributed by atoms with van der Waals surface area (Å²) in [7, 11) is 0. The average molecular weight is 565 g/mol. The van der Waals surface area contributed by atoms with Gasteiger partial charge in [0.25, 0.3) is 0 Å². The second-order valence-electron chi connectivity index (χ2n) is 10.3. The van der Waals surface area contributed by atoms with Crippen LogP contribution in [0, 0.1) is 5.92 Å². The minimum Gasteiger partial charge on any atom is -0.358 e. The molecule has 3 heterocycles. The van der Waals surface area contributed by atoms with Crippen molar-refractivity contribution in [1.29, 1.82) is 0 Å². The summed E-state index contributed by atoms with van der Waals surface area (Å²) in [4.78, 5) is 45.5. The SMILES string of the molecule is O=C(c1ccc(Cl)cc1Cl)[C@@H]1[C@@H](C(=O)c2ccccc2)[C@@]2(C(=O)Nc3ccccc32)[C@H]2c3ccccc3C=CN12. The van der Waals surface area contributed by atoms with Gasteiger partial charge in [0, 0.05) is 28.0 Å². The Kier molecular flexibility index (Phi) is 5.70. The summed E-state index contributed by atoms with van der Waals surface area (Å²) in [5, 5.41) is 3.64. The fraction of sp³-hybridized carbons (Fsp3) is 0.121. The number of ketones is 2. The van der Waals surface area contributed by atoms with Crippen molar-refractivity contribution in [3.8, 4) is 0 Å². The standard InChI is InChI=1S/C33H22Cl2N2O3/c34-21-14-15-23(25(35)18-21)30(39)28-27(29(38)20-9-2-1-3-10-20)33(24-12-6-7-13-26(24)36-32(33)40)31-22-11-5-4-8-19(22)16-17-37(28)31/h1-18,27-28,31H,(H,36,40)/t27-,28-,31+,33+/m0/s1. The van der Waals surface area contributed by atoms with E-state index in [2.05, 4.69) is 5.32 Å². The molecule has 1 fully saturated rings. The quantitative estimate of drug-likeness (QED) is 0.272. The molecular weight excluding hydrogens is 543 g/mol. The first-order chi connectivity index (χ1) is 19.4. The molecule has 4 aromatic rings. The van der Waals surface area contributed by atoms with Crippen LogP contribution in [0.1, 0.15) is 43.4 Å². The topological polar surface area (TPSA) is 66.5 Å². The van der Waals surface area contributed by atoms with Gasteiger partial charge in [-0.3, -0.25) is 14.4 Å². The number of hydrogen-bond donors (Lipinski definition) is 1. The molecular formula is C33H22Cl2N2O3. The third kappa shape index (κ3) is 3.38. The molecule has 3 aliphatic rings. The maximum Gasteiger partial charge on any atom is 0.238 e. The van der Waals surface area contributed by atoms with Gasteiger partial charge in [-0.2, -0.15) is 0 Å². The van der Waals surface area contributed by atoms with E-state index in [9.17, 15) is 14.4 Å². The molecule has 5 nitrogen and oxygen atoms in total. The van der Waals surface area contributed by atoms with Crippen molar-refractivity contribution in [2.75, 3.05) is 5.32 Å². The predicted octanol–water partition coefficient (Wildman–Crippen LogP) is 6.98. The van der Waals surface area contributed by atoms with Gasteiger partial charge in [0.2, 0.25) is 5.91 Å². The lowest BCUT2D eigenvalue weighted by Gasteiger charge is -2.38. The molecule has 1 saturated heterocycles. The molecule has 7 rings (SSSR count). The summed E-state index contributed by atoms with van der Waals surface area (Å²) in [6.07, 6.45) is 3.77. The average Bonchev–Trinajstić information content (AvgIpc) is 3.45. The molecule has 0 aliphatic carbocycles. The zero-order chi connectivity index (χ0) is 27.6. The van der Waals surface area contributed by atoms with Crippen LogP contribution in [0.4, 0.5) is 5.69 Å². The van der Waals surface area contributed by atoms with E-state index in [-0.39, 0.29) is 28.1 Å². The lowest BCUT2D eigenvalue weighted by Crippen LogP contribution is -2.49. The van der Waals surface area contributed by atoms with Gasteiger partial charge < -0.3 is 10.2 Å². The molecule has 7 heteroatoms. The first-order valence-corrected chi connectivity index (χ1v) is 13.7. The van der Waals surface area contributed by atoms with Gasteiger partial charge in [-0.05, 0) is 47.0 Å². The molecule has 4 aromatic carbocycles. The number of rotatable bonds is 4. The van der Waals surface area contributed by atoms with Crippen LogP contribution in [-0.4, -0.2) is 28.4 Å². The van der Waals surface area contributed by atoms with Crippen molar-refractivity contribution in [3.05, 3.63) is 141 Å². The van der Waals surface area contributed by atoms with E-state index in [0.717, 1.165) is 11.1 Å². The number of halogens is 2. The number of Topliss-reactive ketones (excluding diaryl/α,β-unsaturated/α-hetero) is 2. The number of benzene rings is 4. The van der Waals surface area contributed by atoms with E-state index in [1.165, 1.54) is 6.07 Å². The molecule has 0 aromatic heterocycles. The lowest BCUT2D eigenvalue weighted by molar-refractivity contribution is -0.122. The highest BCUT2D eigenvalue weighted by Gasteiger charge is 2.70. The number of nitrogens with one attached hydrogen (secondary N) is 1. The number of hydrogen-bond acceptors (Lipinski definition) is 4. The van der Waals surface area contributed by atoms with Crippen LogP contribution >= 0.6 is 23.2 Å². The van der Waals surface area contributed by atoms with Crippen molar-refractivity contribution in [3.63, 3.8) is 0 Å².